The first-order valence-corrected chi connectivity index (χ1v) is 6.86. The van der Waals surface area contributed by atoms with Crippen molar-refractivity contribution < 1.29 is 9.53 Å². The van der Waals surface area contributed by atoms with E-state index in [-0.39, 0.29) is 5.91 Å². The van der Waals surface area contributed by atoms with E-state index in [0.29, 0.717) is 26.2 Å². The molecule has 1 rings (SSSR count). The van der Waals surface area contributed by atoms with Crippen LogP contribution in [0.2, 0.25) is 0 Å². The van der Waals surface area contributed by atoms with Crippen molar-refractivity contribution >= 4 is 5.91 Å². The van der Waals surface area contributed by atoms with Crippen molar-refractivity contribution in [1.82, 2.24) is 5.32 Å². The van der Waals surface area contributed by atoms with E-state index in [0.717, 1.165) is 17.5 Å². The monoisotopic (exact) mass is 264 g/mol. The van der Waals surface area contributed by atoms with Gasteiger partial charge in [-0.25, -0.2) is 0 Å². The molecule has 0 saturated carbocycles. The molecule has 106 valence electrons. The molecule has 3 N–H and O–H groups in total. The summed E-state index contributed by atoms with van der Waals surface area (Å²) < 4.78 is 5.42. The molecule has 1 aromatic carbocycles. The molecule has 4 heteroatoms. The van der Waals surface area contributed by atoms with Crippen LogP contribution in [0.3, 0.4) is 0 Å². The molecule has 0 saturated heterocycles. The Balaban J connectivity index is 2.54. The predicted molar refractivity (Wildman–Crippen MR) is 76.5 cm³/mol. The van der Waals surface area contributed by atoms with Crippen molar-refractivity contribution in [2.75, 3.05) is 6.61 Å². The van der Waals surface area contributed by atoms with Gasteiger partial charge in [-0.1, -0.05) is 37.6 Å². The summed E-state index contributed by atoms with van der Waals surface area (Å²) in [5.41, 5.74) is 7.96. The largest absolute Gasteiger partial charge is 0.377 e. The highest BCUT2D eigenvalue weighted by atomic mass is 16.5. The van der Waals surface area contributed by atoms with Gasteiger partial charge in [-0.3, -0.25) is 4.79 Å². The maximum atomic E-state index is 11.8. The third-order valence-corrected chi connectivity index (χ3v) is 2.97. The smallest absolute Gasteiger partial charge is 0.237 e. The fourth-order valence-electron chi connectivity index (χ4n) is 1.84. The minimum absolute atomic E-state index is 0.0898. The zero-order valence-electron chi connectivity index (χ0n) is 11.8. The zero-order valence-corrected chi connectivity index (χ0v) is 11.8. The minimum Gasteiger partial charge on any atom is -0.377 e. The average Bonchev–Trinajstić information content (AvgIpc) is 2.43. The molecule has 0 bridgehead atoms. The number of hydrogen-bond acceptors (Lipinski definition) is 3. The molecular weight excluding hydrogens is 240 g/mol. The van der Waals surface area contributed by atoms with Gasteiger partial charge in [-0.15, -0.1) is 0 Å². The zero-order chi connectivity index (χ0) is 14.1. The number of hydrogen-bond donors (Lipinski definition) is 2. The van der Waals surface area contributed by atoms with Gasteiger partial charge in [-0.2, -0.15) is 0 Å². The molecule has 1 amide bonds. The summed E-state index contributed by atoms with van der Waals surface area (Å²) >= 11 is 0. The number of carbonyl (C=O) groups excluding carboxylic acids is 1. The fraction of sp³-hybridized carbons (Fsp3) is 0.533. The average molecular weight is 264 g/mol. The summed E-state index contributed by atoms with van der Waals surface area (Å²) in [7, 11) is 0. The molecule has 1 unspecified atom stereocenters. The second-order valence-electron chi connectivity index (χ2n) is 4.52. The molecule has 0 fully saturated rings. The highest BCUT2D eigenvalue weighted by molar-refractivity contribution is 5.81. The van der Waals surface area contributed by atoms with Crippen LogP contribution in [-0.2, 0) is 22.7 Å². The lowest BCUT2D eigenvalue weighted by molar-refractivity contribution is -0.122. The second-order valence-corrected chi connectivity index (χ2v) is 4.52. The van der Waals surface area contributed by atoms with Gasteiger partial charge >= 0.3 is 0 Å². The molecule has 0 aliphatic rings. The SMILES string of the molecule is CCCC(N)C(=O)NCc1ccccc1COCC. The van der Waals surface area contributed by atoms with Crippen LogP contribution in [0, 0.1) is 0 Å². The van der Waals surface area contributed by atoms with E-state index in [1.165, 1.54) is 0 Å². The summed E-state index contributed by atoms with van der Waals surface area (Å²) in [5.74, 6) is -0.0898. The summed E-state index contributed by atoms with van der Waals surface area (Å²) in [6.45, 7) is 5.74. The van der Waals surface area contributed by atoms with E-state index in [2.05, 4.69) is 5.32 Å². The van der Waals surface area contributed by atoms with Crippen molar-refractivity contribution in [2.45, 2.75) is 45.9 Å². The summed E-state index contributed by atoms with van der Waals surface area (Å²) in [6.07, 6.45) is 1.63. The van der Waals surface area contributed by atoms with Gasteiger partial charge in [-0.05, 0) is 24.5 Å². The maximum Gasteiger partial charge on any atom is 0.237 e. The van der Waals surface area contributed by atoms with Crippen LogP contribution >= 0.6 is 0 Å². The molecule has 1 aromatic rings. The molecule has 0 aromatic heterocycles. The van der Waals surface area contributed by atoms with Crippen molar-refractivity contribution in [3.8, 4) is 0 Å². The van der Waals surface area contributed by atoms with Crippen LogP contribution in [0.1, 0.15) is 37.8 Å². The van der Waals surface area contributed by atoms with Gasteiger partial charge in [0.25, 0.3) is 0 Å². The number of rotatable bonds is 8. The molecule has 0 radical (unpaired) electrons. The number of ether oxygens (including phenoxy) is 1. The van der Waals surface area contributed by atoms with Crippen LogP contribution in [0.5, 0.6) is 0 Å². The lowest BCUT2D eigenvalue weighted by Gasteiger charge is -2.13. The van der Waals surface area contributed by atoms with Gasteiger partial charge in [0.05, 0.1) is 12.6 Å². The molecular formula is C15H24N2O2. The molecule has 0 aliphatic heterocycles. The van der Waals surface area contributed by atoms with Gasteiger partial charge in [0.1, 0.15) is 0 Å². The third kappa shape index (κ3) is 5.41. The van der Waals surface area contributed by atoms with Crippen LogP contribution in [-0.4, -0.2) is 18.6 Å². The standard InChI is InChI=1S/C15H24N2O2/c1-3-7-14(16)15(18)17-10-12-8-5-6-9-13(12)11-19-4-2/h5-6,8-9,14H,3-4,7,10-11,16H2,1-2H3,(H,17,18). The second kappa shape index (κ2) is 8.67. The van der Waals surface area contributed by atoms with Gasteiger partial charge in [0, 0.05) is 13.2 Å². The molecule has 0 spiro atoms. The Morgan fingerprint density at radius 1 is 1.32 bits per heavy atom. The Morgan fingerprint density at radius 2 is 2.00 bits per heavy atom. The quantitative estimate of drug-likeness (QED) is 0.754. The van der Waals surface area contributed by atoms with E-state index in [9.17, 15) is 4.79 Å². The van der Waals surface area contributed by atoms with E-state index >= 15 is 0 Å². The summed E-state index contributed by atoms with van der Waals surface area (Å²) in [5, 5.41) is 2.88. The first-order chi connectivity index (χ1) is 9.19. The first-order valence-electron chi connectivity index (χ1n) is 6.86. The topological polar surface area (TPSA) is 64.4 Å². The van der Waals surface area contributed by atoms with E-state index in [4.69, 9.17) is 10.5 Å². The Hall–Kier alpha value is -1.39. The van der Waals surface area contributed by atoms with Crippen molar-refractivity contribution in [1.29, 1.82) is 0 Å². The Kier molecular flexibility index (Phi) is 7.15. The van der Waals surface area contributed by atoms with Crippen LogP contribution in [0.25, 0.3) is 0 Å². The minimum atomic E-state index is -0.413. The molecule has 4 nitrogen and oxygen atoms in total. The number of nitrogens with two attached hydrogens (primary N) is 1. The van der Waals surface area contributed by atoms with E-state index < -0.39 is 6.04 Å². The molecule has 0 heterocycles. The van der Waals surface area contributed by atoms with Crippen LogP contribution in [0.15, 0.2) is 24.3 Å². The fourth-order valence-corrected chi connectivity index (χ4v) is 1.84. The van der Waals surface area contributed by atoms with E-state index in [1.54, 1.807) is 0 Å². The van der Waals surface area contributed by atoms with Crippen molar-refractivity contribution in [3.05, 3.63) is 35.4 Å². The van der Waals surface area contributed by atoms with Crippen molar-refractivity contribution in [2.24, 2.45) is 5.73 Å². The number of nitrogens with one attached hydrogen (secondary N) is 1. The van der Waals surface area contributed by atoms with E-state index in [1.807, 2.05) is 38.1 Å². The van der Waals surface area contributed by atoms with Crippen LogP contribution in [0.4, 0.5) is 0 Å². The predicted octanol–water partition coefficient (Wildman–Crippen LogP) is 1.97. The van der Waals surface area contributed by atoms with Gasteiger partial charge < -0.3 is 15.8 Å². The van der Waals surface area contributed by atoms with Crippen LogP contribution < -0.4 is 11.1 Å². The normalized spacial score (nSPS) is 12.2. The highest BCUT2D eigenvalue weighted by Crippen LogP contribution is 2.10. The molecule has 19 heavy (non-hydrogen) atoms. The van der Waals surface area contributed by atoms with Gasteiger partial charge in [0.2, 0.25) is 5.91 Å². The molecule has 1 atom stereocenters. The lowest BCUT2D eigenvalue weighted by Crippen LogP contribution is -2.40. The summed E-state index contributed by atoms with van der Waals surface area (Å²) in [6, 6.07) is 7.54. The first kappa shape index (κ1) is 15.7. The lowest BCUT2D eigenvalue weighted by atomic mass is 10.1. The molecule has 0 aliphatic carbocycles. The van der Waals surface area contributed by atoms with Gasteiger partial charge in [0.15, 0.2) is 0 Å². The maximum absolute atomic E-state index is 11.8. The number of benzene rings is 1. The number of amides is 1. The summed E-state index contributed by atoms with van der Waals surface area (Å²) in [4.78, 5) is 11.8. The Labute approximate surface area is 115 Å². The third-order valence-electron chi connectivity index (χ3n) is 2.97. The number of carbonyl (C=O) groups is 1. The van der Waals surface area contributed by atoms with Crippen molar-refractivity contribution in [3.63, 3.8) is 0 Å². The Morgan fingerprint density at radius 3 is 2.63 bits per heavy atom. The Bertz CT molecular complexity index is 393. The highest BCUT2D eigenvalue weighted by Gasteiger charge is 2.12.